The van der Waals surface area contributed by atoms with Crippen LogP contribution in [-0.4, -0.2) is 39.0 Å². The number of nitrogens with one attached hydrogen (secondary N) is 1. The number of rotatable bonds is 4. The Morgan fingerprint density at radius 3 is 2.75 bits per heavy atom. The van der Waals surface area contributed by atoms with Gasteiger partial charge in [-0.15, -0.1) is 11.3 Å². The highest BCUT2D eigenvalue weighted by molar-refractivity contribution is 7.17. The van der Waals surface area contributed by atoms with Crippen LogP contribution in [0.4, 0.5) is 5.82 Å². The van der Waals surface area contributed by atoms with Crippen molar-refractivity contribution in [3.63, 3.8) is 0 Å². The summed E-state index contributed by atoms with van der Waals surface area (Å²) >= 11 is 1.70. The normalized spacial score (nSPS) is 17.9. The molecule has 124 valence electrons. The molecule has 5 nitrogen and oxygen atoms in total. The van der Waals surface area contributed by atoms with E-state index in [2.05, 4.69) is 49.6 Å². The van der Waals surface area contributed by atoms with Gasteiger partial charge in [0.05, 0.1) is 10.2 Å². The first-order valence-corrected chi connectivity index (χ1v) is 9.28. The number of hydrogen-bond acceptors (Lipinski definition) is 6. The summed E-state index contributed by atoms with van der Waals surface area (Å²) in [5.41, 5.74) is 2.37. The average Bonchev–Trinajstić information content (AvgIpc) is 3.12. The fourth-order valence-electron chi connectivity index (χ4n) is 3.37. The standard InChI is InChI=1S/C18H21N5S/c1-13(14-2-7-19-8-3-14)23-9-4-15(5-10-23)22-18-17-16(6-11-24-17)20-12-21-18/h2-3,6-8,11-13,15H,4-5,9-10H2,1H3,(H,20,21,22). The van der Waals surface area contributed by atoms with Crippen LogP contribution in [0, 0.1) is 0 Å². The Balaban J connectivity index is 1.39. The van der Waals surface area contributed by atoms with E-state index in [9.17, 15) is 0 Å². The zero-order chi connectivity index (χ0) is 16.4. The number of thiophene rings is 1. The minimum Gasteiger partial charge on any atom is -0.366 e. The van der Waals surface area contributed by atoms with Crippen LogP contribution in [0.5, 0.6) is 0 Å². The summed E-state index contributed by atoms with van der Waals surface area (Å²) in [6, 6.07) is 7.20. The summed E-state index contributed by atoms with van der Waals surface area (Å²) in [4.78, 5) is 15.4. The van der Waals surface area contributed by atoms with Crippen LogP contribution < -0.4 is 5.32 Å². The van der Waals surface area contributed by atoms with Crippen LogP contribution in [0.15, 0.2) is 42.3 Å². The molecule has 0 aliphatic carbocycles. The van der Waals surface area contributed by atoms with Gasteiger partial charge < -0.3 is 5.32 Å². The Morgan fingerprint density at radius 1 is 1.17 bits per heavy atom. The van der Waals surface area contributed by atoms with Crippen LogP contribution in [0.25, 0.3) is 10.2 Å². The maximum Gasteiger partial charge on any atom is 0.147 e. The van der Waals surface area contributed by atoms with E-state index in [1.54, 1.807) is 17.7 Å². The number of piperidine rings is 1. The lowest BCUT2D eigenvalue weighted by atomic mass is 10.0. The van der Waals surface area contributed by atoms with E-state index in [1.165, 1.54) is 5.56 Å². The number of nitrogens with zero attached hydrogens (tertiary/aromatic N) is 4. The number of fused-ring (bicyclic) bond motifs is 1. The summed E-state index contributed by atoms with van der Waals surface area (Å²) < 4.78 is 1.16. The van der Waals surface area contributed by atoms with Crippen molar-refractivity contribution in [2.24, 2.45) is 0 Å². The summed E-state index contributed by atoms with van der Waals surface area (Å²) in [6.45, 7) is 4.47. The van der Waals surface area contributed by atoms with Gasteiger partial charge in [-0.25, -0.2) is 9.97 Å². The third-order valence-electron chi connectivity index (χ3n) is 4.85. The average molecular weight is 339 g/mol. The second kappa shape index (κ2) is 6.83. The lowest BCUT2D eigenvalue weighted by Crippen LogP contribution is -2.40. The van der Waals surface area contributed by atoms with Crippen molar-refractivity contribution in [3.8, 4) is 0 Å². The first-order chi connectivity index (χ1) is 11.8. The summed E-state index contributed by atoms with van der Waals surface area (Å²) in [5, 5.41) is 5.70. The molecule has 1 N–H and O–H groups in total. The second-order valence-corrected chi connectivity index (χ2v) is 7.18. The van der Waals surface area contributed by atoms with E-state index in [1.807, 2.05) is 18.5 Å². The van der Waals surface area contributed by atoms with Crippen molar-refractivity contribution < 1.29 is 0 Å². The molecule has 0 amide bonds. The molecule has 0 aromatic carbocycles. The van der Waals surface area contributed by atoms with Gasteiger partial charge in [-0.05, 0) is 48.9 Å². The van der Waals surface area contributed by atoms with Gasteiger partial charge in [0.15, 0.2) is 0 Å². The van der Waals surface area contributed by atoms with E-state index < -0.39 is 0 Å². The van der Waals surface area contributed by atoms with Gasteiger partial charge in [0, 0.05) is 37.6 Å². The van der Waals surface area contributed by atoms with Crippen molar-refractivity contribution >= 4 is 27.4 Å². The van der Waals surface area contributed by atoms with Crippen LogP contribution in [0.1, 0.15) is 31.4 Å². The van der Waals surface area contributed by atoms with E-state index in [4.69, 9.17) is 0 Å². The lowest BCUT2D eigenvalue weighted by Gasteiger charge is -2.36. The first-order valence-electron chi connectivity index (χ1n) is 8.40. The highest BCUT2D eigenvalue weighted by Gasteiger charge is 2.24. The van der Waals surface area contributed by atoms with Crippen LogP contribution in [0.2, 0.25) is 0 Å². The van der Waals surface area contributed by atoms with Crippen LogP contribution in [0.3, 0.4) is 0 Å². The van der Waals surface area contributed by atoms with Crippen molar-refractivity contribution in [2.75, 3.05) is 18.4 Å². The Bertz CT molecular complexity index is 795. The highest BCUT2D eigenvalue weighted by Crippen LogP contribution is 2.28. The van der Waals surface area contributed by atoms with E-state index in [0.717, 1.165) is 42.0 Å². The Kier molecular flexibility index (Phi) is 4.40. The predicted molar refractivity (Wildman–Crippen MR) is 98.3 cm³/mol. The molecule has 1 atom stereocenters. The monoisotopic (exact) mass is 339 g/mol. The van der Waals surface area contributed by atoms with E-state index in [-0.39, 0.29) is 0 Å². The molecule has 6 heteroatoms. The molecule has 3 aromatic rings. The van der Waals surface area contributed by atoms with Gasteiger partial charge in [-0.3, -0.25) is 9.88 Å². The number of pyridine rings is 1. The number of likely N-dealkylation sites (tertiary alicyclic amines) is 1. The van der Waals surface area contributed by atoms with Crippen molar-refractivity contribution in [1.82, 2.24) is 19.9 Å². The molecule has 1 aliphatic heterocycles. The number of hydrogen-bond donors (Lipinski definition) is 1. The van der Waals surface area contributed by atoms with Crippen LogP contribution >= 0.6 is 11.3 Å². The first kappa shape index (κ1) is 15.5. The highest BCUT2D eigenvalue weighted by atomic mass is 32.1. The molecule has 24 heavy (non-hydrogen) atoms. The van der Waals surface area contributed by atoms with Crippen LogP contribution in [-0.2, 0) is 0 Å². The molecule has 1 saturated heterocycles. The molecule has 4 heterocycles. The number of anilines is 1. The molecule has 0 bridgehead atoms. The fourth-order valence-corrected chi connectivity index (χ4v) is 4.17. The van der Waals surface area contributed by atoms with Gasteiger partial charge >= 0.3 is 0 Å². The third kappa shape index (κ3) is 3.12. The molecule has 0 saturated carbocycles. The van der Waals surface area contributed by atoms with Crippen molar-refractivity contribution in [3.05, 3.63) is 47.9 Å². The molecule has 0 spiro atoms. The summed E-state index contributed by atoms with van der Waals surface area (Å²) in [7, 11) is 0. The molecular formula is C18H21N5S. The Hall–Kier alpha value is -2.05. The lowest BCUT2D eigenvalue weighted by molar-refractivity contribution is 0.167. The Labute approximate surface area is 145 Å². The summed E-state index contributed by atoms with van der Waals surface area (Å²) in [5.74, 6) is 0.982. The second-order valence-electron chi connectivity index (χ2n) is 6.27. The molecule has 1 unspecified atom stereocenters. The largest absolute Gasteiger partial charge is 0.366 e. The topological polar surface area (TPSA) is 53.9 Å². The SMILES string of the molecule is CC(c1ccncc1)N1CCC(Nc2ncnc3ccsc23)CC1. The van der Waals surface area contributed by atoms with Gasteiger partial charge in [-0.2, -0.15) is 0 Å². The van der Waals surface area contributed by atoms with Gasteiger partial charge in [0.2, 0.25) is 0 Å². The third-order valence-corrected chi connectivity index (χ3v) is 5.76. The number of aromatic nitrogens is 3. The van der Waals surface area contributed by atoms with Gasteiger partial charge in [0.25, 0.3) is 0 Å². The van der Waals surface area contributed by atoms with E-state index in [0.29, 0.717) is 12.1 Å². The maximum absolute atomic E-state index is 4.44. The van der Waals surface area contributed by atoms with Crippen molar-refractivity contribution in [1.29, 1.82) is 0 Å². The molecule has 1 aliphatic rings. The zero-order valence-corrected chi connectivity index (χ0v) is 14.5. The Morgan fingerprint density at radius 2 is 1.96 bits per heavy atom. The smallest absolute Gasteiger partial charge is 0.147 e. The summed E-state index contributed by atoms with van der Waals surface area (Å²) in [6.07, 6.45) is 7.67. The van der Waals surface area contributed by atoms with Gasteiger partial charge in [0.1, 0.15) is 12.1 Å². The maximum atomic E-state index is 4.44. The molecule has 0 radical (unpaired) electrons. The molecule has 1 fully saturated rings. The minimum absolute atomic E-state index is 0.442. The fraction of sp³-hybridized carbons (Fsp3) is 0.389. The zero-order valence-electron chi connectivity index (χ0n) is 13.7. The minimum atomic E-state index is 0.442. The van der Waals surface area contributed by atoms with Gasteiger partial charge in [-0.1, -0.05) is 0 Å². The van der Waals surface area contributed by atoms with E-state index >= 15 is 0 Å². The quantitative estimate of drug-likeness (QED) is 0.785. The molecular weight excluding hydrogens is 318 g/mol. The molecule has 3 aromatic heterocycles. The van der Waals surface area contributed by atoms with Crippen molar-refractivity contribution in [2.45, 2.75) is 31.8 Å². The molecule has 4 rings (SSSR count). The predicted octanol–water partition coefficient (Wildman–Crippen LogP) is 3.72.